The molecule has 0 saturated carbocycles. The summed E-state index contributed by atoms with van der Waals surface area (Å²) in [6, 6.07) is 5.48. The first-order valence-electron chi connectivity index (χ1n) is 7.39. The number of nitrogens with zero attached hydrogens (tertiary/aromatic N) is 1. The average Bonchev–Trinajstić information content (AvgIpc) is 2.45. The lowest BCUT2D eigenvalue weighted by atomic mass is 10.1. The number of carbonyl (C=O) groups is 2. The summed E-state index contributed by atoms with van der Waals surface area (Å²) in [5.74, 6) is 0.352. The second kappa shape index (κ2) is 7.49. The first kappa shape index (κ1) is 16.6. The van der Waals surface area contributed by atoms with Crippen LogP contribution in [-0.2, 0) is 9.59 Å². The summed E-state index contributed by atoms with van der Waals surface area (Å²) in [7, 11) is 0. The molecule has 0 spiro atoms. The smallest absolute Gasteiger partial charge is 0.260 e. The Morgan fingerprint density at radius 2 is 2.23 bits per heavy atom. The molecule has 0 aliphatic carbocycles. The Labute approximate surface area is 135 Å². The van der Waals surface area contributed by atoms with Gasteiger partial charge in [0.2, 0.25) is 5.91 Å². The van der Waals surface area contributed by atoms with E-state index >= 15 is 0 Å². The Morgan fingerprint density at radius 1 is 1.45 bits per heavy atom. The van der Waals surface area contributed by atoms with Crippen LogP contribution in [0.5, 0.6) is 5.75 Å². The third-order valence-electron chi connectivity index (χ3n) is 3.62. The molecule has 2 amide bonds. The second-order valence-corrected chi connectivity index (χ2v) is 6.01. The lowest BCUT2D eigenvalue weighted by Gasteiger charge is -2.33. The molecule has 1 fully saturated rings. The Morgan fingerprint density at radius 3 is 2.91 bits per heavy atom. The Bertz CT molecular complexity index is 562. The van der Waals surface area contributed by atoms with E-state index in [9.17, 15) is 9.59 Å². The molecule has 1 aliphatic rings. The summed E-state index contributed by atoms with van der Waals surface area (Å²) in [5.41, 5.74) is 1.04. The van der Waals surface area contributed by atoms with E-state index in [2.05, 4.69) is 5.32 Å². The summed E-state index contributed by atoms with van der Waals surface area (Å²) in [6.45, 7) is 4.61. The lowest BCUT2D eigenvalue weighted by Crippen LogP contribution is -2.50. The third-order valence-corrected chi connectivity index (χ3v) is 3.92. The molecule has 1 aromatic carbocycles. The van der Waals surface area contributed by atoms with Gasteiger partial charge >= 0.3 is 0 Å². The number of hydrogen-bond donors (Lipinski definition) is 1. The fraction of sp³-hybridized carbons (Fsp3) is 0.500. The zero-order valence-corrected chi connectivity index (χ0v) is 13.7. The van der Waals surface area contributed by atoms with Gasteiger partial charge in [0.15, 0.2) is 6.61 Å². The van der Waals surface area contributed by atoms with E-state index in [1.54, 1.807) is 17.0 Å². The van der Waals surface area contributed by atoms with E-state index in [0.717, 1.165) is 18.4 Å². The van der Waals surface area contributed by atoms with Crippen molar-refractivity contribution in [3.8, 4) is 5.75 Å². The van der Waals surface area contributed by atoms with Crippen molar-refractivity contribution in [3.05, 3.63) is 28.8 Å². The number of rotatable bonds is 4. The van der Waals surface area contributed by atoms with Crippen LogP contribution in [0, 0.1) is 6.92 Å². The van der Waals surface area contributed by atoms with E-state index in [1.165, 1.54) is 6.92 Å². The monoisotopic (exact) mass is 324 g/mol. The van der Waals surface area contributed by atoms with Gasteiger partial charge in [0.05, 0.1) is 5.02 Å². The molecule has 0 bridgehead atoms. The number of halogens is 1. The third kappa shape index (κ3) is 4.63. The zero-order chi connectivity index (χ0) is 16.1. The highest BCUT2D eigenvalue weighted by atomic mass is 35.5. The van der Waals surface area contributed by atoms with Crippen LogP contribution in [-0.4, -0.2) is 42.5 Å². The number of benzene rings is 1. The lowest BCUT2D eigenvalue weighted by molar-refractivity contribution is -0.135. The summed E-state index contributed by atoms with van der Waals surface area (Å²) >= 11 is 6.08. The van der Waals surface area contributed by atoms with E-state index in [4.69, 9.17) is 16.3 Å². The minimum atomic E-state index is -0.0910. The van der Waals surface area contributed by atoms with Crippen LogP contribution in [0.15, 0.2) is 18.2 Å². The van der Waals surface area contributed by atoms with E-state index < -0.39 is 0 Å². The standard InChI is InChI=1S/C16H21ClN2O3/c1-11-5-6-15(14(17)8-11)22-10-16(21)19-7-3-4-13(9-19)18-12(2)20/h5-6,8,13H,3-4,7,9-10H2,1-2H3,(H,18,20)/t13-/m0/s1. The number of amides is 2. The molecule has 0 radical (unpaired) electrons. The van der Waals surface area contributed by atoms with Crippen LogP contribution >= 0.6 is 11.6 Å². The van der Waals surface area contributed by atoms with Gasteiger partial charge in [-0.1, -0.05) is 17.7 Å². The van der Waals surface area contributed by atoms with Crippen molar-refractivity contribution in [2.75, 3.05) is 19.7 Å². The maximum absolute atomic E-state index is 12.2. The number of piperidine rings is 1. The van der Waals surface area contributed by atoms with Crippen molar-refractivity contribution >= 4 is 23.4 Å². The molecule has 1 heterocycles. The van der Waals surface area contributed by atoms with Crippen molar-refractivity contribution in [2.45, 2.75) is 32.7 Å². The highest BCUT2D eigenvalue weighted by molar-refractivity contribution is 6.32. The fourth-order valence-corrected chi connectivity index (χ4v) is 2.85. The van der Waals surface area contributed by atoms with Gasteiger partial charge in [-0.2, -0.15) is 0 Å². The molecule has 1 N–H and O–H groups in total. The summed E-state index contributed by atoms with van der Waals surface area (Å²) in [4.78, 5) is 25.1. The second-order valence-electron chi connectivity index (χ2n) is 5.60. The van der Waals surface area contributed by atoms with Crippen molar-refractivity contribution in [3.63, 3.8) is 0 Å². The molecule has 1 saturated heterocycles. The molecule has 2 rings (SSSR count). The molecule has 0 unspecified atom stereocenters. The quantitative estimate of drug-likeness (QED) is 0.923. The predicted octanol–water partition coefficient (Wildman–Crippen LogP) is 2.15. The van der Waals surface area contributed by atoms with Crippen molar-refractivity contribution < 1.29 is 14.3 Å². The minimum Gasteiger partial charge on any atom is -0.482 e. The van der Waals surface area contributed by atoms with Gasteiger partial charge < -0.3 is 15.0 Å². The van der Waals surface area contributed by atoms with E-state index in [1.807, 2.05) is 13.0 Å². The molecular formula is C16H21ClN2O3. The molecule has 0 aromatic heterocycles. The average molecular weight is 325 g/mol. The van der Waals surface area contributed by atoms with Gasteiger partial charge in [0.1, 0.15) is 5.75 Å². The van der Waals surface area contributed by atoms with Crippen LogP contribution in [0.25, 0.3) is 0 Å². The first-order chi connectivity index (χ1) is 10.5. The number of carbonyl (C=O) groups excluding carboxylic acids is 2. The maximum Gasteiger partial charge on any atom is 0.260 e. The molecule has 1 aliphatic heterocycles. The Hall–Kier alpha value is -1.75. The predicted molar refractivity (Wildman–Crippen MR) is 85.1 cm³/mol. The van der Waals surface area contributed by atoms with Gasteiger partial charge in [0.25, 0.3) is 5.91 Å². The molecule has 1 atom stereocenters. The highest BCUT2D eigenvalue weighted by Gasteiger charge is 2.24. The number of nitrogens with one attached hydrogen (secondary N) is 1. The number of likely N-dealkylation sites (tertiary alicyclic amines) is 1. The van der Waals surface area contributed by atoms with Crippen molar-refractivity contribution in [2.24, 2.45) is 0 Å². The Kier molecular flexibility index (Phi) is 5.66. The van der Waals surface area contributed by atoms with Crippen LogP contribution in [0.2, 0.25) is 5.02 Å². The molecule has 5 nitrogen and oxygen atoms in total. The summed E-state index contributed by atoms with van der Waals surface area (Å²) < 4.78 is 5.51. The van der Waals surface area contributed by atoms with Gasteiger partial charge in [-0.05, 0) is 37.5 Å². The largest absolute Gasteiger partial charge is 0.482 e. The van der Waals surface area contributed by atoms with Crippen molar-refractivity contribution in [1.82, 2.24) is 10.2 Å². The summed E-state index contributed by atoms with van der Waals surface area (Å²) in [6.07, 6.45) is 1.77. The van der Waals surface area contributed by atoms with Gasteiger partial charge in [-0.15, -0.1) is 0 Å². The van der Waals surface area contributed by atoms with E-state index in [-0.39, 0.29) is 24.5 Å². The van der Waals surface area contributed by atoms with Gasteiger partial charge in [-0.25, -0.2) is 0 Å². The number of ether oxygens (including phenoxy) is 1. The number of hydrogen-bond acceptors (Lipinski definition) is 3. The van der Waals surface area contributed by atoms with Gasteiger partial charge in [-0.3, -0.25) is 9.59 Å². The summed E-state index contributed by atoms with van der Waals surface area (Å²) in [5, 5.41) is 3.36. The van der Waals surface area contributed by atoms with Crippen LogP contribution in [0.4, 0.5) is 0 Å². The normalized spacial score (nSPS) is 18.0. The molecular weight excluding hydrogens is 304 g/mol. The topological polar surface area (TPSA) is 58.6 Å². The molecule has 6 heteroatoms. The maximum atomic E-state index is 12.2. The number of aryl methyl sites for hydroxylation is 1. The van der Waals surface area contributed by atoms with Crippen molar-refractivity contribution in [1.29, 1.82) is 0 Å². The first-order valence-corrected chi connectivity index (χ1v) is 7.77. The molecule has 22 heavy (non-hydrogen) atoms. The minimum absolute atomic E-state index is 0.0261. The molecule has 120 valence electrons. The van der Waals surface area contributed by atoms with Crippen LogP contribution < -0.4 is 10.1 Å². The highest BCUT2D eigenvalue weighted by Crippen LogP contribution is 2.25. The SMILES string of the molecule is CC(=O)N[C@H]1CCCN(C(=O)COc2ccc(C)cc2Cl)C1. The van der Waals surface area contributed by atoms with Crippen LogP contribution in [0.3, 0.4) is 0 Å². The van der Waals surface area contributed by atoms with E-state index in [0.29, 0.717) is 23.9 Å². The molecule has 1 aromatic rings. The fourth-order valence-electron chi connectivity index (χ4n) is 2.56. The van der Waals surface area contributed by atoms with Crippen LogP contribution in [0.1, 0.15) is 25.3 Å². The van der Waals surface area contributed by atoms with Gasteiger partial charge in [0, 0.05) is 26.1 Å². The zero-order valence-electron chi connectivity index (χ0n) is 12.9. The Balaban J connectivity index is 1.87.